The second-order valence-corrected chi connectivity index (χ2v) is 9.02. The highest BCUT2D eigenvalue weighted by Gasteiger charge is 2.27. The van der Waals surface area contributed by atoms with Crippen molar-refractivity contribution < 1.29 is 17.9 Å². The molecule has 0 aromatic heterocycles. The molecular formula is C20H25BrN2O4S. The van der Waals surface area contributed by atoms with Crippen LogP contribution in [-0.4, -0.2) is 38.8 Å². The van der Waals surface area contributed by atoms with Gasteiger partial charge in [0.1, 0.15) is 10.6 Å². The Balaban J connectivity index is 2.33. The van der Waals surface area contributed by atoms with Gasteiger partial charge in [-0.3, -0.25) is 4.79 Å². The molecule has 1 unspecified atom stereocenters. The van der Waals surface area contributed by atoms with Crippen molar-refractivity contribution >= 4 is 31.9 Å². The number of nitrogens with one attached hydrogen (secondary N) is 1. The maximum absolute atomic E-state index is 12.9. The summed E-state index contributed by atoms with van der Waals surface area (Å²) < 4.78 is 33.4. The minimum Gasteiger partial charge on any atom is -0.495 e. The molecule has 0 radical (unpaired) electrons. The van der Waals surface area contributed by atoms with Gasteiger partial charge in [-0.2, -0.15) is 4.31 Å². The molecule has 1 N–H and O–H groups in total. The molecule has 2 rings (SSSR count). The number of carbonyl (C=O) groups is 1. The molecule has 2 aromatic rings. The Labute approximate surface area is 175 Å². The van der Waals surface area contributed by atoms with Gasteiger partial charge in [-0.15, -0.1) is 0 Å². The van der Waals surface area contributed by atoms with Crippen LogP contribution in [-0.2, 0) is 10.0 Å². The first-order valence-corrected chi connectivity index (χ1v) is 11.2. The Bertz CT molecular complexity index is 926. The van der Waals surface area contributed by atoms with Crippen LogP contribution in [0, 0.1) is 0 Å². The van der Waals surface area contributed by atoms with Crippen LogP contribution in [0.15, 0.2) is 51.8 Å². The van der Waals surface area contributed by atoms with E-state index in [0.717, 1.165) is 10.0 Å². The molecule has 0 aliphatic heterocycles. The Morgan fingerprint density at radius 3 is 2.29 bits per heavy atom. The van der Waals surface area contributed by atoms with Crippen molar-refractivity contribution in [3.05, 3.63) is 58.1 Å². The van der Waals surface area contributed by atoms with Crippen molar-refractivity contribution in [1.82, 2.24) is 9.62 Å². The first-order chi connectivity index (χ1) is 13.2. The molecule has 0 aliphatic rings. The molecule has 0 fully saturated rings. The number of halogens is 1. The zero-order valence-corrected chi connectivity index (χ0v) is 18.8. The van der Waals surface area contributed by atoms with Crippen molar-refractivity contribution in [3.63, 3.8) is 0 Å². The van der Waals surface area contributed by atoms with Crippen LogP contribution < -0.4 is 10.1 Å². The van der Waals surface area contributed by atoms with E-state index in [0.29, 0.717) is 13.1 Å². The van der Waals surface area contributed by atoms with Crippen LogP contribution >= 0.6 is 15.9 Å². The summed E-state index contributed by atoms with van der Waals surface area (Å²) in [5, 5.41) is 2.90. The number of hydrogen-bond acceptors (Lipinski definition) is 4. The predicted octanol–water partition coefficient (Wildman–Crippen LogP) is 3.98. The molecule has 0 saturated carbocycles. The summed E-state index contributed by atoms with van der Waals surface area (Å²) in [6.07, 6.45) is 0. The zero-order valence-electron chi connectivity index (χ0n) is 16.4. The highest BCUT2D eigenvalue weighted by Crippen LogP contribution is 2.28. The third-order valence-corrected chi connectivity index (χ3v) is 7.07. The Hall–Kier alpha value is -1.90. The van der Waals surface area contributed by atoms with Crippen LogP contribution in [0.4, 0.5) is 0 Å². The Morgan fingerprint density at radius 2 is 1.75 bits per heavy atom. The maximum atomic E-state index is 12.9. The van der Waals surface area contributed by atoms with E-state index in [4.69, 9.17) is 4.74 Å². The van der Waals surface area contributed by atoms with Gasteiger partial charge in [-0.05, 0) is 42.8 Å². The number of methoxy groups -OCH3 is 1. The number of amides is 1. The van der Waals surface area contributed by atoms with E-state index in [9.17, 15) is 13.2 Å². The van der Waals surface area contributed by atoms with E-state index in [1.165, 1.54) is 23.5 Å². The molecule has 6 nitrogen and oxygen atoms in total. The largest absolute Gasteiger partial charge is 0.495 e. The average molecular weight is 469 g/mol. The molecule has 152 valence electrons. The summed E-state index contributed by atoms with van der Waals surface area (Å²) in [6.45, 7) is 6.07. The van der Waals surface area contributed by atoms with E-state index in [1.807, 2.05) is 31.2 Å². The van der Waals surface area contributed by atoms with Gasteiger partial charge in [0.2, 0.25) is 10.0 Å². The topological polar surface area (TPSA) is 75.7 Å². The summed E-state index contributed by atoms with van der Waals surface area (Å²) in [4.78, 5) is 12.7. The van der Waals surface area contributed by atoms with Gasteiger partial charge in [0.05, 0.1) is 13.2 Å². The summed E-state index contributed by atoms with van der Waals surface area (Å²) in [6, 6.07) is 11.8. The number of carbonyl (C=O) groups excluding carboxylic acids is 1. The monoisotopic (exact) mass is 468 g/mol. The van der Waals surface area contributed by atoms with Crippen molar-refractivity contribution in [1.29, 1.82) is 0 Å². The molecule has 0 aliphatic carbocycles. The summed E-state index contributed by atoms with van der Waals surface area (Å²) in [5.41, 5.74) is 1.21. The van der Waals surface area contributed by atoms with E-state index >= 15 is 0 Å². The van der Waals surface area contributed by atoms with Crippen molar-refractivity contribution in [3.8, 4) is 5.75 Å². The number of sulfonamides is 1. The fourth-order valence-electron chi connectivity index (χ4n) is 2.84. The lowest BCUT2D eigenvalue weighted by Crippen LogP contribution is -2.31. The van der Waals surface area contributed by atoms with Gasteiger partial charge in [-0.25, -0.2) is 8.42 Å². The molecule has 0 bridgehead atoms. The number of rotatable bonds is 8. The fourth-order valence-corrected chi connectivity index (χ4v) is 4.74. The summed E-state index contributed by atoms with van der Waals surface area (Å²) in [5.74, 6) is -0.140. The smallest absolute Gasteiger partial charge is 0.251 e. The van der Waals surface area contributed by atoms with E-state index in [2.05, 4.69) is 21.2 Å². The number of benzene rings is 2. The third kappa shape index (κ3) is 4.92. The van der Waals surface area contributed by atoms with Crippen LogP contribution in [0.5, 0.6) is 5.75 Å². The summed E-state index contributed by atoms with van der Waals surface area (Å²) >= 11 is 3.39. The first kappa shape index (κ1) is 22.4. The highest BCUT2D eigenvalue weighted by atomic mass is 79.9. The SMILES string of the molecule is CCN(CC)S(=O)(=O)c1cc(C(=O)NC(C)c2ccc(Br)cc2)ccc1OC. The second kappa shape index (κ2) is 9.54. The molecule has 1 atom stereocenters. The van der Waals surface area contributed by atoms with E-state index < -0.39 is 10.0 Å². The van der Waals surface area contributed by atoms with Gasteiger partial charge >= 0.3 is 0 Å². The minimum atomic E-state index is -3.76. The normalized spacial score (nSPS) is 12.6. The van der Waals surface area contributed by atoms with Gasteiger partial charge in [0.15, 0.2) is 0 Å². The lowest BCUT2D eigenvalue weighted by Gasteiger charge is -2.21. The van der Waals surface area contributed by atoms with Crippen LogP contribution in [0.1, 0.15) is 42.7 Å². The average Bonchev–Trinajstić information content (AvgIpc) is 2.68. The zero-order chi connectivity index (χ0) is 20.9. The Morgan fingerprint density at radius 1 is 1.14 bits per heavy atom. The second-order valence-electron chi connectivity index (χ2n) is 6.20. The van der Waals surface area contributed by atoms with Crippen molar-refractivity contribution in [2.24, 2.45) is 0 Å². The van der Waals surface area contributed by atoms with Gasteiger partial charge in [0.25, 0.3) is 5.91 Å². The molecule has 0 heterocycles. The van der Waals surface area contributed by atoms with Gasteiger partial charge < -0.3 is 10.1 Å². The molecule has 8 heteroatoms. The highest BCUT2D eigenvalue weighted by molar-refractivity contribution is 9.10. The molecule has 1 amide bonds. The molecular weight excluding hydrogens is 444 g/mol. The van der Waals surface area contributed by atoms with Gasteiger partial charge in [-0.1, -0.05) is 41.9 Å². The van der Waals surface area contributed by atoms with Gasteiger partial charge in [0, 0.05) is 23.1 Å². The molecule has 28 heavy (non-hydrogen) atoms. The van der Waals surface area contributed by atoms with E-state index in [-0.39, 0.29) is 28.2 Å². The van der Waals surface area contributed by atoms with Crippen molar-refractivity contribution in [2.45, 2.75) is 31.7 Å². The molecule has 2 aromatic carbocycles. The number of hydrogen-bond donors (Lipinski definition) is 1. The maximum Gasteiger partial charge on any atom is 0.251 e. The van der Waals surface area contributed by atoms with Crippen LogP contribution in [0.2, 0.25) is 0 Å². The lowest BCUT2D eigenvalue weighted by atomic mass is 10.1. The first-order valence-electron chi connectivity index (χ1n) is 8.99. The number of nitrogens with zero attached hydrogens (tertiary/aromatic N) is 1. The predicted molar refractivity (Wildman–Crippen MR) is 113 cm³/mol. The molecule has 0 saturated heterocycles. The fraction of sp³-hybridized carbons (Fsp3) is 0.350. The standard InChI is InChI=1S/C20H25BrN2O4S/c1-5-23(6-2)28(25,26)19-13-16(9-12-18(19)27-4)20(24)22-14(3)15-7-10-17(21)11-8-15/h7-14H,5-6H2,1-4H3,(H,22,24). The van der Waals surface area contributed by atoms with E-state index in [1.54, 1.807) is 19.9 Å². The lowest BCUT2D eigenvalue weighted by molar-refractivity contribution is 0.0939. The van der Waals surface area contributed by atoms with Crippen LogP contribution in [0.3, 0.4) is 0 Å². The third-order valence-electron chi connectivity index (χ3n) is 4.47. The number of ether oxygens (including phenoxy) is 1. The van der Waals surface area contributed by atoms with Crippen molar-refractivity contribution in [2.75, 3.05) is 20.2 Å². The quantitative estimate of drug-likeness (QED) is 0.635. The molecule has 0 spiro atoms. The summed E-state index contributed by atoms with van der Waals surface area (Å²) in [7, 11) is -2.35. The Kier molecular flexibility index (Phi) is 7.63. The minimum absolute atomic E-state index is 0.0114. The van der Waals surface area contributed by atoms with Crippen LogP contribution in [0.25, 0.3) is 0 Å².